The number of carboxylic acid groups (broad SMARTS) is 1. The third-order valence-electron chi connectivity index (χ3n) is 3.84. The van der Waals surface area contributed by atoms with Crippen LogP contribution in [0.4, 0.5) is 0 Å². The standard InChI is InChI=1S/C18H14ClNO3/c19-12-7-5-11(6-8-12)17(21)9-14(18(22)23)15-10-20-16-4-2-1-3-13(15)16/h1-8,10,14,20H,9H2,(H,22,23)/p-1/t14-/m1/s1. The van der Waals surface area contributed by atoms with E-state index in [0.29, 0.717) is 16.1 Å². The minimum atomic E-state index is -1.27. The van der Waals surface area contributed by atoms with Crippen molar-refractivity contribution in [2.75, 3.05) is 0 Å². The molecule has 0 radical (unpaired) electrons. The van der Waals surface area contributed by atoms with Crippen molar-refractivity contribution >= 4 is 34.3 Å². The second-order valence-electron chi connectivity index (χ2n) is 5.30. The van der Waals surface area contributed by atoms with Crippen LogP contribution in [0.2, 0.25) is 5.02 Å². The van der Waals surface area contributed by atoms with Crippen LogP contribution in [0.15, 0.2) is 54.7 Å². The van der Waals surface area contributed by atoms with Crippen LogP contribution < -0.4 is 5.11 Å². The van der Waals surface area contributed by atoms with Gasteiger partial charge in [0.2, 0.25) is 0 Å². The fourth-order valence-corrected chi connectivity index (χ4v) is 2.77. The molecule has 0 spiro atoms. The maximum absolute atomic E-state index is 12.4. The predicted molar refractivity (Wildman–Crippen MR) is 86.4 cm³/mol. The fourth-order valence-electron chi connectivity index (χ4n) is 2.64. The molecule has 5 heteroatoms. The molecule has 3 rings (SSSR count). The lowest BCUT2D eigenvalue weighted by Gasteiger charge is -2.17. The van der Waals surface area contributed by atoms with E-state index in [9.17, 15) is 14.7 Å². The molecule has 2 aromatic carbocycles. The fraction of sp³-hybridized carbons (Fsp3) is 0.111. The molecule has 1 N–H and O–H groups in total. The van der Waals surface area contributed by atoms with Gasteiger partial charge in [0.1, 0.15) is 0 Å². The van der Waals surface area contributed by atoms with Crippen LogP contribution in [0.25, 0.3) is 10.9 Å². The third-order valence-corrected chi connectivity index (χ3v) is 4.09. The van der Waals surface area contributed by atoms with E-state index in [1.807, 2.05) is 24.3 Å². The molecule has 23 heavy (non-hydrogen) atoms. The van der Waals surface area contributed by atoms with Crippen LogP contribution in [-0.4, -0.2) is 16.7 Å². The van der Waals surface area contributed by atoms with Crippen molar-refractivity contribution < 1.29 is 14.7 Å². The topological polar surface area (TPSA) is 73.0 Å². The maximum atomic E-state index is 12.4. The Bertz CT molecular complexity index is 867. The number of carbonyl (C=O) groups is 2. The first-order valence-corrected chi connectivity index (χ1v) is 7.49. The average Bonchev–Trinajstić information content (AvgIpc) is 2.96. The number of carbonyl (C=O) groups excluding carboxylic acids is 2. The quantitative estimate of drug-likeness (QED) is 0.733. The summed E-state index contributed by atoms with van der Waals surface area (Å²) >= 11 is 5.80. The lowest BCUT2D eigenvalue weighted by atomic mass is 9.91. The number of H-pyrrole nitrogens is 1. The Hall–Kier alpha value is -2.59. The van der Waals surface area contributed by atoms with Gasteiger partial charge in [-0.2, -0.15) is 0 Å². The number of carboxylic acids is 1. The molecule has 1 heterocycles. The predicted octanol–water partition coefficient (Wildman–Crippen LogP) is 2.93. The van der Waals surface area contributed by atoms with Crippen molar-refractivity contribution in [3.8, 4) is 0 Å². The molecule has 0 saturated carbocycles. The van der Waals surface area contributed by atoms with Crippen molar-refractivity contribution in [1.29, 1.82) is 0 Å². The molecule has 0 fully saturated rings. The van der Waals surface area contributed by atoms with Crippen molar-refractivity contribution in [2.45, 2.75) is 12.3 Å². The van der Waals surface area contributed by atoms with Gasteiger partial charge in [-0.05, 0) is 35.9 Å². The highest BCUT2D eigenvalue weighted by atomic mass is 35.5. The highest BCUT2D eigenvalue weighted by molar-refractivity contribution is 6.30. The number of hydrogen-bond acceptors (Lipinski definition) is 3. The summed E-state index contributed by atoms with van der Waals surface area (Å²) in [5, 5.41) is 12.9. The number of hydrogen-bond donors (Lipinski definition) is 1. The van der Waals surface area contributed by atoms with Gasteiger partial charge in [0.05, 0.1) is 0 Å². The van der Waals surface area contributed by atoms with Gasteiger partial charge in [-0.3, -0.25) is 4.79 Å². The minimum Gasteiger partial charge on any atom is -0.549 e. The number of halogens is 1. The second kappa shape index (κ2) is 6.26. The van der Waals surface area contributed by atoms with Gasteiger partial charge in [-0.15, -0.1) is 0 Å². The first-order valence-electron chi connectivity index (χ1n) is 7.12. The lowest BCUT2D eigenvalue weighted by Crippen LogP contribution is -2.31. The Kier molecular flexibility index (Phi) is 4.17. The van der Waals surface area contributed by atoms with Crippen molar-refractivity contribution in [3.63, 3.8) is 0 Å². The molecule has 1 aromatic heterocycles. The SMILES string of the molecule is O=C(C[C@@H](C(=O)[O-])c1c[nH]c2ccccc12)c1ccc(Cl)cc1. The normalized spacial score (nSPS) is 12.2. The largest absolute Gasteiger partial charge is 0.549 e. The molecule has 0 amide bonds. The Labute approximate surface area is 137 Å². The van der Waals surface area contributed by atoms with Gasteiger partial charge in [-0.25, -0.2) is 0 Å². The van der Waals surface area contributed by atoms with Crippen molar-refractivity contribution in [1.82, 2.24) is 4.98 Å². The molecule has 0 aliphatic heterocycles. The van der Waals surface area contributed by atoms with E-state index >= 15 is 0 Å². The van der Waals surface area contributed by atoms with Crippen LogP contribution in [-0.2, 0) is 4.79 Å². The number of aromatic nitrogens is 1. The molecule has 116 valence electrons. The molecule has 0 bridgehead atoms. The maximum Gasteiger partial charge on any atom is 0.163 e. The molecular formula is C18H13ClNO3-. The molecule has 0 saturated heterocycles. The highest BCUT2D eigenvalue weighted by Crippen LogP contribution is 2.29. The Morgan fingerprint density at radius 3 is 2.48 bits per heavy atom. The Morgan fingerprint density at radius 2 is 1.78 bits per heavy atom. The first-order chi connectivity index (χ1) is 11.1. The monoisotopic (exact) mass is 326 g/mol. The summed E-state index contributed by atoms with van der Waals surface area (Å²) < 4.78 is 0. The van der Waals surface area contributed by atoms with E-state index < -0.39 is 11.9 Å². The zero-order chi connectivity index (χ0) is 16.4. The van der Waals surface area contributed by atoms with Gasteiger partial charge in [0, 0.05) is 46.0 Å². The van der Waals surface area contributed by atoms with Gasteiger partial charge >= 0.3 is 0 Å². The van der Waals surface area contributed by atoms with E-state index in [4.69, 9.17) is 11.6 Å². The number of benzene rings is 2. The molecule has 0 aliphatic carbocycles. The summed E-state index contributed by atoms with van der Waals surface area (Å²) in [6, 6.07) is 13.8. The van der Waals surface area contributed by atoms with Crippen LogP contribution in [0.3, 0.4) is 0 Å². The number of para-hydroxylation sites is 1. The van der Waals surface area contributed by atoms with E-state index in [1.165, 1.54) is 0 Å². The summed E-state index contributed by atoms with van der Waals surface area (Å²) in [6.07, 6.45) is 1.46. The second-order valence-corrected chi connectivity index (χ2v) is 5.73. The zero-order valence-electron chi connectivity index (χ0n) is 12.1. The Morgan fingerprint density at radius 1 is 1.09 bits per heavy atom. The number of aromatic amines is 1. The van der Waals surface area contributed by atoms with Crippen molar-refractivity contribution in [2.24, 2.45) is 0 Å². The van der Waals surface area contributed by atoms with Crippen molar-refractivity contribution in [3.05, 3.63) is 70.9 Å². The van der Waals surface area contributed by atoms with Crippen LogP contribution >= 0.6 is 11.6 Å². The number of Topliss-reactive ketones (excluding diaryl/α,β-unsaturated/α-hetero) is 1. The van der Waals surface area contributed by atoms with Crippen LogP contribution in [0, 0.1) is 0 Å². The molecular weight excluding hydrogens is 314 g/mol. The third kappa shape index (κ3) is 3.12. The van der Waals surface area contributed by atoms with Crippen LogP contribution in [0.1, 0.15) is 28.3 Å². The molecule has 0 unspecified atom stereocenters. The summed E-state index contributed by atoms with van der Waals surface area (Å²) in [5.41, 5.74) is 1.82. The molecule has 4 nitrogen and oxygen atoms in total. The summed E-state index contributed by atoms with van der Waals surface area (Å²) in [7, 11) is 0. The molecule has 1 atom stereocenters. The number of aliphatic carboxylic acids is 1. The van der Waals surface area contributed by atoms with E-state index in [2.05, 4.69) is 4.98 Å². The van der Waals surface area contributed by atoms with Gasteiger partial charge in [-0.1, -0.05) is 29.8 Å². The van der Waals surface area contributed by atoms with E-state index in [0.717, 1.165) is 10.9 Å². The number of fused-ring (bicyclic) bond motifs is 1. The van der Waals surface area contributed by atoms with Gasteiger partial charge in [0.25, 0.3) is 0 Å². The van der Waals surface area contributed by atoms with Crippen LogP contribution in [0.5, 0.6) is 0 Å². The summed E-state index contributed by atoms with van der Waals surface area (Å²) in [5.74, 6) is -2.53. The number of ketones is 1. The van der Waals surface area contributed by atoms with E-state index in [-0.39, 0.29) is 12.2 Å². The van der Waals surface area contributed by atoms with Gasteiger partial charge in [0.15, 0.2) is 5.78 Å². The van der Waals surface area contributed by atoms with E-state index in [1.54, 1.807) is 30.5 Å². The number of nitrogens with one attached hydrogen (secondary N) is 1. The minimum absolute atomic E-state index is 0.161. The Balaban J connectivity index is 1.92. The summed E-state index contributed by atoms with van der Waals surface area (Å²) in [4.78, 5) is 26.9. The smallest absolute Gasteiger partial charge is 0.163 e. The summed E-state index contributed by atoms with van der Waals surface area (Å²) in [6.45, 7) is 0. The van der Waals surface area contributed by atoms with Gasteiger partial charge < -0.3 is 14.9 Å². The lowest BCUT2D eigenvalue weighted by molar-refractivity contribution is -0.307. The number of rotatable bonds is 5. The highest BCUT2D eigenvalue weighted by Gasteiger charge is 2.21. The first kappa shape index (κ1) is 15.3. The average molecular weight is 327 g/mol. The molecule has 3 aromatic rings. The molecule has 0 aliphatic rings. The zero-order valence-corrected chi connectivity index (χ0v) is 12.8.